The Bertz CT molecular complexity index is 644. The van der Waals surface area contributed by atoms with Crippen molar-refractivity contribution in [2.24, 2.45) is 0 Å². The zero-order chi connectivity index (χ0) is 14.3. The zero-order valence-corrected chi connectivity index (χ0v) is 12.3. The second-order valence-corrected chi connectivity index (χ2v) is 6.24. The third kappa shape index (κ3) is 2.20. The molecule has 4 nitrogen and oxygen atoms in total. The lowest BCUT2D eigenvalue weighted by Gasteiger charge is -2.45. The van der Waals surface area contributed by atoms with Crippen LogP contribution >= 0.6 is 0 Å². The van der Waals surface area contributed by atoms with Gasteiger partial charge < -0.3 is 9.88 Å². The molecule has 2 heterocycles. The van der Waals surface area contributed by atoms with E-state index in [9.17, 15) is 4.79 Å². The van der Waals surface area contributed by atoms with Crippen LogP contribution in [0.25, 0.3) is 10.9 Å². The Kier molecular flexibility index (Phi) is 3.05. The van der Waals surface area contributed by atoms with E-state index in [1.807, 2.05) is 35.4 Å². The number of benzene rings is 1. The van der Waals surface area contributed by atoms with Crippen molar-refractivity contribution >= 4 is 16.8 Å². The van der Waals surface area contributed by atoms with Crippen LogP contribution < -0.4 is 0 Å². The third-order valence-electron chi connectivity index (χ3n) is 4.40. The van der Waals surface area contributed by atoms with Gasteiger partial charge >= 0.3 is 0 Å². The van der Waals surface area contributed by atoms with E-state index < -0.39 is 0 Å². The maximum absolute atomic E-state index is 12.7. The molecule has 1 saturated heterocycles. The van der Waals surface area contributed by atoms with Crippen LogP contribution in [0.4, 0.5) is 0 Å². The Morgan fingerprint density at radius 2 is 2.05 bits per heavy atom. The standard InChI is InChI=1S/C16H21N3O/c1-16(2)11-19(9-8-18(16)3)15(20)13-4-5-14-12(10-13)6-7-17-14/h4-7,10,17H,8-9,11H2,1-3H3. The molecule has 0 spiro atoms. The number of aromatic nitrogens is 1. The van der Waals surface area contributed by atoms with Gasteiger partial charge in [0.05, 0.1) is 0 Å². The molecule has 0 aliphatic carbocycles. The number of carbonyl (C=O) groups is 1. The van der Waals surface area contributed by atoms with E-state index in [0.717, 1.165) is 36.1 Å². The van der Waals surface area contributed by atoms with Gasteiger partial charge in [0.2, 0.25) is 0 Å². The van der Waals surface area contributed by atoms with E-state index >= 15 is 0 Å². The lowest BCUT2D eigenvalue weighted by atomic mass is 9.99. The van der Waals surface area contributed by atoms with E-state index in [2.05, 4.69) is 30.8 Å². The van der Waals surface area contributed by atoms with Crippen LogP contribution in [0.2, 0.25) is 0 Å². The lowest BCUT2D eigenvalue weighted by Crippen LogP contribution is -2.58. The zero-order valence-electron chi connectivity index (χ0n) is 12.3. The first-order chi connectivity index (χ1) is 9.47. The maximum atomic E-state index is 12.7. The molecule has 0 radical (unpaired) electrons. The van der Waals surface area contributed by atoms with Gasteiger partial charge in [0.1, 0.15) is 0 Å². The normalized spacial score (nSPS) is 19.4. The van der Waals surface area contributed by atoms with Gasteiger partial charge in [0.25, 0.3) is 5.91 Å². The fourth-order valence-electron chi connectivity index (χ4n) is 2.78. The third-order valence-corrected chi connectivity index (χ3v) is 4.40. The van der Waals surface area contributed by atoms with Crippen LogP contribution in [-0.2, 0) is 0 Å². The highest BCUT2D eigenvalue weighted by Gasteiger charge is 2.33. The monoisotopic (exact) mass is 271 g/mol. The number of piperazine rings is 1. The summed E-state index contributed by atoms with van der Waals surface area (Å²) in [7, 11) is 2.12. The van der Waals surface area contributed by atoms with Crippen molar-refractivity contribution < 1.29 is 4.79 Å². The molecule has 20 heavy (non-hydrogen) atoms. The molecule has 1 N–H and O–H groups in total. The molecule has 0 bridgehead atoms. The van der Waals surface area contributed by atoms with Gasteiger partial charge in [-0.05, 0) is 45.2 Å². The smallest absolute Gasteiger partial charge is 0.253 e. The van der Waals surface area contributed by atoms with Crippen molar-refractivity contribution in [2.75, 3.05) is 26.7 Å². The Morgan fingerprint density at radius 1 is 1.25 bits per heavy atom. The summed E-state index contributed by atoms with van der Waals surface area (Å²) >= 11 is 0. The van der Waals surface area contributed by atoms with Gasteiger partial charge in [-0.2, -0.15) is 0 Å². The first-order valence-electron chi connectivity index (χ1n) is 7.05. The predicted molar refractivity (Wildman–Crippen MR) is 80.9 cm³/mol. The van der Waals surface area contributed by atoms with E-state index in [1.165, 1.54) is 0 Å². The average Bonchev–Trinajstić information content (AvgIpc) is 2.88. The number of H-pyrrole nitrogens is 1. The number of likely N-dealkylation sites (N-methyl/N-ethyl adjacent to an activating group) is 1. The molecule has 3 rings (SSSR count). The van der Waals surface area contributed by atoms with Gasteiger partial charge in [-0.1, -0.05) is 0 Å². The van der Waals surface area contributed by atoms with Crippen molar-refractivity contribution in [2.45, 2.75) is 19.4 Å². The summed E-state index contributed by atoms with van der Waals surface area (Å²) in [5.41, 5.74) is 1.88. The molecular formula is C16H21N3O. The largest absolute Gasteiger partial charge is 0.361 e. The number of hydrogen-bond acceptors (Lipinski definition) is 2. The second kappa shape index (κ2) is 4.63. The SMILES string of the molecule is CN1CCN(C(=O)c2ccc3[nH]ccc3c2)CC1(C)C. The number of hydrogen-bond donors (Lipinski definition) is 1. The summed E-state index contributed by atoms with van der Waals surface area (Å²) in [5.74, 6) is 0.134. The summed E-state index contributed by atoms with van der Waals surface area (Å²) in [6.45, 7) is 6.85. The first-order valence-corrected chi connectivity index (χ1v) is 7.05. The summed E-state index contributed by atoms with van der Waals surface area (Å²) in [6, 6.07) is 7.86. The van der Waals surface area contributed by atoms with Crippen LogP contribution in [0, 0.1) is 0 Å². The van der Waals surface area contributed by atoms with Gasteiger partial charge in [0, 0.05) is 47.8 Å². The molecule has 1 amide bonds. The summed E-state index contributed by atoms with van der Waals surface area (Å²) < 4.78 is 0. The average molecular weight is 271 g/mol. The Hall–Kier alpha value is -1.81. The molecule has 0 unspecified atom stereocenters. The summed E-state index contributed by atoms with van der Waals surface area (Å²) in [6.07, 6.45) is 1.90. The quantitative estimate of drug-likeness (QED) is 0.864. The van der Waals surface area contributed by atoms with E-state index in [4.69, 9.17) is 0 Å². The Labute approximate surface area is 119 Å². The Morgan fingerprint density at radius 3 is 2.80 bits per heavy atom. The summed E-state index contributed by atoms with van der Waals surface area (Å²) in [4.78, 5) is 20.1. The van der Waals surface area contributed by atoms with Crippen molar-refractivity contribution in [1.82, 2.24) is 14.8 Å². The number of nitrogens with zero attached hydrogens (tertiary/aromatic N) is 2. The minimum Gasteiger partial charge on any atom is -0.361 e. The number of carbonyl (C=O) groups excluding carboxylic acids is 1. The second-order valence-electron chi connectivity index (χ2n) is 6.24. The molecule has 1 fully saturated rings. The van der Waals surface area contributed by atoms with Crippen molar-refractivity contribution in [3.8, 4) is 0 Å². The van der Waals surface area contributed by atoms with Crippen LogP contribution in [-0.4, -0.2) is 52.9 Å². The van der Waals surface area contributed by atoms with Crippen molar-refractivity contribution in [1.29, 1.82) is 0 Å². The molecule has 2 aromatic rings. The molecular weight excluding hydrogens is 250 g/mol. The lowest BCUT2D eigenvalue weighted by molar-refractivity contribution is 0.0311. The number of fused-ring (bicyclic) bond motifs is 1. The van der Waals surface area contributed by atoms with Crippen LogP contribution in [0.1, 0.15) is 24.2 Å². The van der Waals surface area contributed by atoms with Crippen LogP contribution in [0.15, 0.2) is 30.5 Å². The predicted octanol–water partition coefficient (Wildman–Crippen LogP) is 2.33. The van der Waals surface area contributed by atoms with Gasteiger partial charge in [-0.3, -0.25) is 9.69 Å². The van der Waals surface area contributed by atoms with Gasteiger partial charge in [0.15, 0.2) is 0 Å². The molecule has 0 saturated carbocycles. The number of nitrogens with one attached hydrogen (secondary N) is 1. The van der Waals surface area contributed by atoms with Crippen LogP contribution in [0.5, 0.6) is 0 Å². The van der Waals surface area contributed by atoms with E-state index in [1.54, 1.807) is 0 Å². The molecule has 1 aromatic heterocycles. The number of amides is 1. The maximum Gasteiger partial charge on any atom is 0.253 e. The van der Waals surface area contributed by atoms with Gasteiger partial charge in [-0.25, -0.2) is 0 Å². The highest BCUT2D eigenvalue weighted by Crippen LogP contribution is 2.22. The minimum atomic E-state index is 0.0338. The number of rotatable bonds is 1. The fourth-order valence-corrected chi connectivity index (χ4v) is 2.78. The van der Waals surface area contributed by atoms with E-state index in [-0.39, 0.29) is 11.4 Å². The van der Waals surface area contributed by atoms with Crippen molar-refractivity contribution in [3.05, 3.63) is 36.0 Å². The molecule has 1 aromatic carbocycles. The van der Waals surface area contributed by atoms with Gasteiger partial charge in [-0.15, -0.1) is 0 Å². The highest BCUT2D eigenvalue weighted by molar-refractivity contribution is 5.98. The highest BCUT2D eigenvalue weighted by atomic mass is 16.2. The summed E-state index contributed by atoms with van der Waals surface area (Å²) in [5, 5.41) is 1.09. The molecule has 106 valence electrons. The first kappa shape index (κ1) is 13.2. The Balaban J connectivity index is 1.85. The van der Waals surface area contributed by atoms with Crippen molar-refractivity contribution in [3.63, 3.8) is 0 Å². The topological polar surface area (TPSA) is 39.3 Å². The molecule has 1 aliphatic rings. The fraction of sp³-hybridized carbons (Fsp3) is 0.438. The molecule has 0 atom stereocenters. The minimum absolute atomic E-state index is 0.0338. The molecule has 1 aliphatic heterocycles. The molecule has 4 heteroatoms. The number of aromatic amines is 1. The van der Waals surface area contributed by atoms with E-state index in [0.29, 0.717) is 0 Å². The van der Waals surface area contributed by atoms with Crippen LogP contribution in [0.3, 0.4) is 0 Å².